The lowest BCUT2D eigenvalue weighted by molar-refractivity contribution is -0.281. The van der Waals surface area contributed by atoms with Crippen LogP contribution >= 0.6 is 0 Å². The molecule has 240 valence electrons. The molecule has 3 saturated carbocycles. The van der Waals surface area contributed by atoms with E-state index in [1.165, 1.54) is 13.0 Å². The molecule has 0 amide bonds. The van der Waals surface area contributed by atoms with Gasteiger partial charge in [-0.15, -0.1) is 0 Å². The zero-order valence-corrected chi connectivity index (χ0v) is 25.4. The van der Waals surface area contributed by atoms with E-state index in [-0.39, 0.29) is 32.0 Å². The summed E-state index contributed by atoms with van der Waals surface area (Å²) < 4.78 is 34.0. The second kappa shape index (κ2) is 10.0. The van der Waals surface area contributed by atoms with Crippen molar-refractivity contribution in [3.05, 3.63) is 23.3 Å². The van der Waals surface area contributed by atoms with Crippen LogP contribution in [0.2, 0.25) is 0 Å². The van der Waals surface area contributed by atoms with Crippen molar-refractivity contribution in [2.45, 2.75) is 114 Å². The summed E-state index contributed by atoms with van der Waals surface area (Å²) in [5.41, 5.74) is -4.19. The van der Waals surface area contributed by atoms with Gasteiger partial charge in [0.05, 0.1) is 28.8 Å². The first-order valence-corrected chi connectivity index (χ1v) is 15.6. The summed E-state index contributed by atoms with van der Waals surface area (Å²) in [6.07, 6.45) is 0.441. The Morgan fingerprint density at radius 3 is 2.57 bits per heavy atom. The fourth-order valence-electron chi connectivity index (χ4n) is 9.73. The molecular weight excluding hydrogens is 576 g/mol. The van der Waals surface area contributed by atoms with Gasteiger partial charge in [-0.3, -0.25) is 14.4 Å². The second-order valence-electron chi connectivity index (χ2n) is 14.1. The van der Waals surface area contributed by atoms with Gasteiger partial charge in [-0.05, 0) is 57.4 Å². The molecule has 3 heterocycles. The van der Waals surface area contributed by atoms with Crippen LogP contribution < -0.4 is 0 Å². The zero-order chi connectivity index (χ0) is 31.4. The smallest absolute Gasteiger partial charge is 0.331 e. The van der Waals surface area contributed by atoms with Crippen LogP contribution in [-0.4, -0.2) is 95.1 Å². The molecule has 7 rings (SSSR count). The number of esters is 2. The lowest BCUT2D eigenvalue weighted by Crippen LogP contribution is -2.74. The van der Waals surface area contributed by atoms with Gasteiger partial charge in [0.1, 0.15) is 19.5 Å². The third kappa shape index (κ3) is 3.97. The molecule has 12 heteroatoms. The van der Waals surface area contributed by atoms with E-state index in [9.17, 15) is 29.4 Å². The molecule has 0 aromatic carbocycles. The van der Waals surface area contributed by atoms with E-state index in [0.717, 1.165) is 0 Å². The number of aliphatic hydroxyl groups is 2. The molecule has 44 heavy (non-hydrogen) atoms. The van der Waals surface area contributed by atoms with Crippen LogP contribution in [-0.2, 0) is 47.6 Å². The van der Waals surface area contributed by atoms with Crippen LogP contribution in [0.3, 0.4) is 0 Å². The van der Waals surface area contributed by atoms with Crippen molar-refractivity contribution in [3.63, 3.8) is 0 Å². The molecule has 7 aliphatic rings. The average Bonchev–Trinajstić information content (AvgIpc) is 3.69. The van der Waals surface area contributed by atoms with Crippen molar-refractivity contribution in [1.29, 1.82) is 0 Å². The average molecular weight is 617 g/mol. The monoisotopic (exact) mass is 616 g/mol. The molecule has 0 aromatic rings. The first kappa shape index (κ1) is 30.2. The predicted molar refractivity (Wildman–Crippen MR) is 147 cm³/mol. The molecule has 0 aromatic heterocycles. The second-order valence-corrected chi connectivity index (χ2v) is 14.1. The Hall–Kier alpha value is -2.48. The number of carbonyl (C=O) groups is 4. The van der Waals surface area contributed by atoms with E-state index in [0.29, 0.717) is 36.8 Å². The first-order valence-electron chi connectivity index (χ1n) is 15.6. The maximum absolute atomic E-state index is 14.6. The molecule has 0 radical (unpaired) electrons. The maximum Gasteiger partial charge on any atom is 0.331 e. The molecule has 0 bridgehead atoms. The predicted octanol–water partition coefficient (Wildman–Crippen LogP) is 1.44. The van der Waals surface area contributed by atoms with Crippen LogP contribution in [0, 0.1) is 22.7 Å². The molecular formula is C32H40O12. The van der Waals surface area contributed by atoms with E-state index in [1.807, 2.05) is 6.92 Å². The normalized spacial score (nSPS) is 49.7. The minimum atomic E-state index is -1.52. The highest BCUT2D eigenvalue weighted by molar-refractivity contribution is 5.98. The van der Waals surface area contributed by atoms with Crippen LogP contribution in [0.4, 0.5) is 0 Å². The SMILES string of the molecule is CC(=O)OC1C(=O)C2(C)C(C3=CC(=O)OC3)=CCC2(O)C2CCC3(O)CC(OC4OC(C)C5OCOC5C4=O)CCC3(C)C12. The van der Waals surface area contributed by atoms with Gasteiger partial charge in [-0.25, -0.2) is 4.79 Å². The molecule has 3 aliphatic heterocycles. The number of carbonyl (C=O) groups excluding carboxylic acids is 4. The molecule has 0 spiro atoms. The summed E-state index contributed by atoms with van der Waals surface area (Å²) >= 11 is 0. The minimum absolute atomic E-state index is 0.00133. The van der Waals surface area contributed by atoms with Gasteiger partial charge in [0.15, 0.2) is 18.0 Å². The van der Waals surface area contributed by atoms with E-state index in [2.05, 4.69) is 0 Å². The Morgan fingerprint density at radius 1 is 1.09 bits per heavy atom. The lowest BCUT2D eigenvalue weighted by atomic mass is 9.41. The summed E-state index contributed by atoms with van der Waals surface area (Å²) in [6, 6.07) is 0. The molecule has 2 saturated heterocycles. The number of fused-ring (bicyclic) bond motifs is 6. The molecule has 12 nitrogen and oxygen atoms in total. The van der Waals surface area contributed by atoms with E-state index in [4.69, 9.17) is 28.4 Å². The van der Waals surface area contributed by atoms with Crippen molar-refractivity contribution in [1.82, 2.24) is 0 Å². The first-order chi connectivity index (χ1) is 20.7. The fourth-order valence-corrected chi connectivity index (χ4v) is 9.73. The Bertz CT molecular complexity index is 1370. The Labute approximate surface area is 255 Å². The number of ketones is 2. The minimum Gasteiger partial charge on any atom is -0.458 e. The summed E-state index contributed by atoms with van der Waals surface area (Å²) in [4.78, 5) is 52.0. The molecule has 4 aliphatic carbocycles. The maximum atomic E-state index is 14.6. The molecule has 12 atom stereocenters. The number of cyclic esters (lactones) is 1. The Morgan fingerprint density at radius 2 is 1.86 bits per heavy atom. The fraction of sp³-hybridized carbons (Fsp3) is 0.750. The van der Waals surface area contributed by atoms with Gasteiger partial charge in [0.25, 0.3) is 0 Å². The topological polar surface area (TPSA) is 164 Å². The molecule has 12 unspecified atom stereocenters. The van der Waals surface area contributed by atoms with E-state index >= 15 is 0 Å². The van der Waals surface area contributed by atoms with Crippen molar-refractivity contribution in [2.75, 3.05) is 13.4 Å². The Kier molecular flexibility index (Phi) is 6.87. The van der Waals surface area contributed by atoms with Crippen molar-refractivity contribution >= 4 is 23.5 Å². The highest BCUT2D eigenvalue weighted by Crippen LogP contribution is 2.69. The zero-order valence-electron chi connectivity index (χ0n) is 25.4. The molecule has 5 fully saturated rings. The lowest BCUT2D eigenvalue weighted by Gasteiger charge is -2.66. The van der Waals surface area contributed by atoms with Gasteiger partial charge < -0.3 is 38.6 Å². The van der Waals surface area contributed by atoms with Gasteiger partial charge in [-0.1, -0.05) is 13.0 Å². The third-order valence-corrected chi connectivity index (χ3v) is 12.1. The van der Waals surface area contributed by atoms with Crippen LogP contribution in [0.5, 0.6) is 0 Å². The highest BCUT2D eigenvalue weighted by Gasteiger charge is 2.75. The van der Waals surface area contributed by atoms with Gasteiger partial charge >= 0.3 is 11.9 Å². The quantitative estimate of drug-likeness (QED) is 0.346. The van der Waals surface area contributed by atoms with Crippen molar-refractivity contribution < 1.29 is 57.8 Å². The Balaban J connectivity index is 1.18. The number of hydrogen-bond acceptors (Lipinski definition) is 12. The van der Waals surface area contributed by atoms with Gasteiger partial charge in [-0.2, -0.15) is 0 Å². The third-order valence-electron chi connectivity index (χ3n) is 12.1. The van der Waals surface area contributed by atoms with Gasteiger partial charge in [0.2, 0.25) is 12.1 Å². The highest BCUT2D eigenvalue weighted by atomic mass is 16.8. The number of Topliss-reactive ketones (excluding diaryl/α,β-unsaturated/α-hetero) is 2. The molecule has 2 N–H and O–H groups in total. The standard InChI is InChI=1S/C32H40O12/c1-15-24-26(41-14-40-24)23(35)28(42-15)44-18-5-8-29(3)22-20(6-9-31(29,37)12-18)32(38)10-7-19(17-11-21(34)39-13-17)30(32,4)27(36)25(22)43-16(2)33/h7,11,15,18,20,22,24-26,28,37-38H,5-6,8-10,12-14H2,1-4H3. The van der Waals surface area contributed by atoms with Crippen molar-refractivity contribution in [3.8, 4) is 0 Å². The largest absolute Gasteiger partial charge is 0.458 e. The number of hydrogen-bond donors (Lipinski definition) is 2. The van der Waals surface area contributed by atoms with Crippen LogP contribution in [0.1, 0.15) is 66.2 Å². The number of ether oxygens (including phenoxy) is 6. The summed E-state index contributed by atoms with van der Waals surface area (Å²) in [5, 5.41) is 24.9. The van der Waals surface area contributed by atoms with Crippen LogP contribution in [0.15, 0.2) is 23.3 Å². The summed E-state index contributed by atoms with van der Waals surface area (Å²) in [5.74, 6) is -3.12. The summed E-state index contributed by atoms with van der Waals surface area (Å²) in [7, 11) is 0. The van der Waals surface area contributed by atoms with Crippen molar-refractivity contribution in [2.24, 2.45) is 22.7 Å². The van der Waals surface area contributed by atoms with Crippen LogP contribution in [0.25, 0.3) is 0 Å². The summed E-state index contributed by atoms with van der Waals surface area (Å²) in [6.45, 7) is 6.64. The number of rotatable bonds is 4. The van der Waals surface area contributed by atoms with Gasteiger partial charge in [0, 0.05) is 36.3 Å². The van der Waals surface area contributed by atoms with E-state index in [1.54, 1.807) is 19.9 Å². The van der Waals surface area contributed by atoms with E-state index < -0.39 is 88.4 Å².